The van der Waals surface area contributed by atoms with Gasteiger partial charge in [-0.1, -0.05) is 19.1 Å². The molecule has 18 heavy (non-hydrogen) atoms. The summed E-state index contributed by atoms with van der Waals surface area (Å²) in [4.78, 5) is 0. The number of benzene rings is 1. The summed E-state index contributed by atoms with van der Waals surface area (Å²) in [6.07, 6.45) is 4.08. The van der Waals surface area contributed by atoms with E-state index in [4.69, 9.17) is 0 Å². The van der Waals surface area contributed by atoms with Crippen molar-refractivity contribution in [2.45, 2.75) is 31.7 Å². The molecule has 5 nitrogen and oxygen atoms in total. The van der Waals surface area contributed by atoms with Crippen molar-refractivity contribution in [3.05, 3.63) is 36.2 Å². The number of aromatic nitrogens is 4. The van der Waals surface area contributed by atoms with Crippen LogP contribution in [0, 0.1) is 0 Å². The summed E-state index contributed by atoms with van der Waals surface area (Å²) in [5.74, 6) is 0.672. The maximum Gasteiger partial charge on any atom is 0.143 e. The van der Waals surface area contributed by atoms with Gasteiger partial charge in [-0.2, -0.15) is 0 Å². The second-order valence-electron chi connectivity index (χ2n) is 4.77. The molecule has 5 heteroatoms. The molecule has 0 spiro atoms. The fourth-order valence-corrected chi connectivity index (χ4v) is 2.55. The van der Waals surface area contributed by atoms with Gasteiger partial charge in [0.05, 0.1) is 5.69 Å². The Balaban J connectivity index is 1.73. The van der Waals surface area contributed by atoms with E-state index in [-0.39, 0.29) is 0 Å². The van der Waals surface area contributed by atoms with Gasteiger partial charge in [0, 0.05) is 6.04 Å². The normalized spacial score (nSPS) is 22.7. The van der Waals surface area contributed by atoms with Crippen LogP contribution < -0.4 is 5.32 Å². The standard InChI is InChI=1S/C13H17N5/c1-2-14-12-6-11(7-12)10-4-3-5-13(8-10)18-9-15-16-17-18/h3-5,8-9,11-12,14H,2,6-7H2,1H3. The summed E-state index contributed by atoms with van der Waals surface area (Å²) in [6.45, 7) is 3.22. The first-order chi connectivity index (χ1) is 8.86. The van der Waals surface area contributed by atoms with E-state index in [1.54, 1.807) is 11.0 Å². The lowest BCUT2D eigenvalue weighted by atomic mass is 9.76. The molecule has 0 saturated heterocycles. The van der Waals surface area contributed by atoms with Crippen LogP contribution in [-0.2, 0) is 0 Å². The molecule has 0 amide bonds. The van der Waals surface area contributed by atoms with E-state index in [1.165, 1.54) is 18.4 Å². The van der Waals surface area contributed by atoms with E-state index < -0.39 is 0 Å². The Morgan fingerprint density at radius 3 is 3.00 bits per heavy atom. The van der Waals surface area contributed by atoms with Crippen LogP contribution >= 0.6 is 0 Å². The SMILES string of the molecule is CCNC1CC(c2cccc(-n3cnnn3)c2)C1. The lowest BCUT2D eigenvalue weighted by Gasteiger charge is -2.36. The average molecular weight is 243 g/mol. The number of hydrogen-bond donors (Lipinski definition) is 1. The minimum absolute atomic E-state index is 0.672. The van der Waals surface area contributed by atoms with Crippen molar-refractivity contribution in [3.63, 3.8) is 0 Å². The zero-order valence-electron chi connectivity index (χ0n) is 10.5. The third-order valence-electron chi connectivity index (χ3n) is 3.59. The highest BCUT2D eigenvalue weighted by atomic mass is 15.5. The van der Waals surface area contributed by atoms with Gasteiger partial charge in [0.2, 0.25) is 0 Å². The number of hydrogen-bond acceptors (Lipinski definition) is 4. The smallest absolute Gasteiger partial charge is 0.143 e. The number of tetrazole rings is 1. The second-order valence-corrected chi connectivity index (χ2v) is 4.77. The van der Waals surface area contributed by atoms with E-state index >= 15 is 0 Å². The molecule has 2 aromatic rings. The molecule has 0 aliphatic heterocycles. The number of rotatable bonds is 4. The minimum Gasteiger partial charge on any atom is -0.314 e. The Morgan fingerprint density at radius 2 is 2.28 bits per heavy atom. The molecule has 0 bridgehead atoms. The summed E-state index contributed by atoms with van der Waals surface area (Å²) in [7, 11) is 0. The molecule has 0 unspecified atom stereocenters. The third-order valence-corrected chi connectivity index (χ3v) is 3.59. The monoisotopic (exact) mass is 243 g/mol. The van der Waals surface area contributed by atoms with E-state index in [0.29, 0.717) is 12.0 Å². The van der Waals surface area contributed by atoms with Gasteiger partial charge in [-0.05, 0) is 53.4 Å². The van der Waals surface area contributed by atoms with Gasteiger partial charge in [-0.3, -0.25) is 0 Å². The maximum absolute atomic E-state index is 3.92. The van der Waals surface area contributed by atoms with Crippen LogP contribution in [0.15, 0.2) is 30.6 Å². The van der Waals surface area contributed by atoms with Crippen LogP contribution in [0.2, 0.25) is 0 Å². The second kappa shape index (κ2) is 4.86. The van der Waals surface area contributed by atoms with E-state index in [9.17, 15) is 0 Å². The summed E-state index contributed by atoms with van der Waals surface area (Å²) in [5, 5.41) is 14.7. The van der Waals surface area contributed by atoms with Gasteiger partial charge >= 0.3 is 0 Å². The zero-order valence-corrected chi connectivity index (χ0v) is 10.5. The maximum atomic E-state index is 3.92. The van der Waals surface area contributed by atoms with Gasteiger partial charge in [0.15, 0.2) is 0 Å². The summed E-state index contributed by atoms with van der Waals surface area (Å²) >= 11 is 0. The van der Waals surface area contributed by atoms with Crippen LogP contribution in [0.25, 0.3) is 5.69 Å². The summed E-state index contributed by atoms with van der Waals surface area (Å²) in [6, 6.07) is 9.17. The van der Waals surface area contributed by atoms with E-state index in [1.807, 2.05) is 6.07 Å². The Bertz CT molecular complexity index is 502. The van der Waals surface area contributed by atoms with Gasteiger partial charge in [-0.25, -0.2) is 4.68 Å². The highest BCUT2D eigenvalue weighted by molar-refractivity contribution is 5.37. The molecule has 1 aliphatic rings. The van der Waals surface area contributed by atoms with Gasteiger partial charge in [0.1, 0.15) is 6.33 Å². The molecule has 1 aromatic heterocycles. The van der Waals surface area contributed by atoms with Crippen molar-refractivity contribution < 1.29 is 0 Å². The van der Waals surface area contributed by atoms with Crippen LogP contribution in [0.4, 0.5) is 0 Å². The molecule has 3 rings (SSSR count). The highest BCUT2D eigenvalue weighted by Crippen LogP contribution is 2.37. The van der Waals surface area contributed by atoms with Crippen molar-refractivity contribution >= 4 is 0 Å². The summed E-state index contributed by atoms with van der Waals surface area (Å²) in [5.41, 5.74) is 2.42. The molecule has 0 radical (unpaired) electrons. The molecular formula is C13H17N5. The Kier molecular flexibility index (Phi) is 3.06. The highest BCUT2D eigenvalue weighted by Gasteiger charge is 2.29. The van der Waals surface area contributed by atoms with Crippen LogP contribution in [0.5, 0.6) is 0 Å². The molecule has 1 aliphatic carbocycles. The first kappa shape index (κ1) is 11.3. The minimum atomic E-state index is 0.672. The van der Waals surface area contributed by atoms with Crippen molar-refractivity contribution in [1.29, 1.82) is 0 Å². The Hall–Kier alpha value is -1.75. The summed E-state index contributed by atoms with van der Waals surface area (Å²) < 4.78 is 1.70. The molecule has 1 N–H and O–H groups in total. The molecule has 1 heterocycles. The van der Waals surface area contributed by atoms with E-state index in [2.05, 4.69) is 46.0 Å². The fraction of sp³-hybridized carbons (Fsp3) is 0.462. The van der Waals surface area contributed by atoms with Crippen molar-refractivity contribution in [2.24, 2.45) is 0 Å². The van der Waals surface area contributed by atoms with Crippen LogP contribution in [0.1, 0.15) is 31.2 Å². The van der Waals surface area contributed by atoms with Crippen LogP contribution in [0.3, 0.4) is 0 Å². The van der Waals surface area contributed by atoms with Gasteiger partial charge in [0.25, 0.3) is 0 Å². The largest absolute Gasteiger partial charge is 0.314 e. The topological polar surface area (TPSA) is 55.6 Å². The zero-order chi connectivity index (χ0) is 12.4. The molecule has 1 aromatic carbocycles. The van der Waals surface area contributed by atoms with Crippen molar-refractivity contribution in [1.82, 2.24) is 25.5 Å². The van der Waals surface area contributed by atoms with Crippen LogP contribution in [-0.4, -0.2) is 32.8 Å². The quantitative estimate of drug-likeness (QED) is 0.884. The van der Waals surface area contributed by atoms with E-state index in [0.717, 1.165) is 12.2 Å². The molecular weight excluding hydrogens is 226 g/mol. The lowest BCUT2D eigenvalue weighted by Crippen LogP contribution is -2.39. The lowest BCUT2D eigenvalue weighted by molar-refractivity contribution is 0.296. The number of nitrogens with zero attached hydrogens (tertiary/aromatic N) is 4. The first-order valence-corrected chi connectivity index (χ1v) is 6.43. The molecule has 1 fully saturated rings. The number of nitrogens with one attached hydrogen (secondary N) is 1. The molecule has 94 valence electrons. The Labute approximate surface area is 106 Å². The first-order valence-electron chi connectivity index (χ1n) is 6.43. The Morgan fingerprint density at radius 1 is 1.39 bits per heavy atom. The average Bonchev–Trinajstić information content (AvgIpc) is 2.87. The van der Waals surface area contributed by atoms with Gasteiger partial charge < -0.3 is 5.32 Å². The third kappa shape index (κ3) is 2.13. The van der Waals surface area contributed by atoms with Crippen molar-refractivity contribution in [2.75, 3.05) is 6.54 Å². The molecule has 0 atom stereocenters. The predicted molar refractivity (Wildman–Crippen MR) is 68.6 cm³/mol. The van der Waals surface area contributed by atoms with Crippen molar-refractivity contribution in [3.8, 4) is 5.69 Å². The fourth-order valence-electron chi connectivity index (χ4n) is 2.55. The predicted octanol–water partition coefficient (Wildman–Crippen LogP) is 1.52. The van der Waals surface area contributed by atoms with Gasteiger partial charge in [-0.15, -0.1) is 5.10 Å². The molecule has 1 saturated carbocycles.